The SMILES string of the molecule is CCN(C(=O)c1ccc(Br)c(F)c1)C1CCC(N)CC1. The predicted molar refractivity (Wildman–Crippen MR) is 81.0 cm³/mol. The van der Waals surface area contributed by atoms with Crippen LogP contribution in [0.4, 0.5) is 4.39 Å². The van der Waals surface area contributed by atoms with Gasteiger partial charge in [0.2, 0.25) is 0 Å². The van der Waals surface area contributed by atoms with Crippen LogP contribution in [0.2, 0.25) is 0 Å². The fourth-order valence-electron chi connectivity index (χ4n) is 2.78. The maximum Gasteiger partial charge on any atom is 0.254 e. The summed E-state index contributed by atoms with van der Waals surface area (Å²) in [6.07, 6.45) is 3.76. The van der Waals surface area contributed by atoms with E-state index in [0.717, 1.165) is 25.7 Å². The number of carbonyl (C=O) groups excluding carboxylic acids is 1. The summed E-state index contributed by atoms with van der Waals surface area (Å²) in [5.41, 5.74) is 6.31. The van der Waals surface area contributed by atoms with Crippen molar-refractivity contribution in [3.63, 3.8) is 0 Å². The van der Waals surface area contributed by atoms with Crippen molar-refractivity contribution >= 4 is 21.8 Å². The van der Waals surface area contributed by atoms with E-state index in [1.807, 2.05) is 11.8 Å². The second kappa shape index (κ2) is 6.68. The van der Waals surface area contributed by atoms with E-state index >= 15 is 0 Å². The molecule has 110 valence electrons. The quantitative estimate of drug-likeness (QED) is 0.915. The maximum atomic E-state index is 13.6. The molecule has 0 atom stereocenters. The van der Waals surface area contributed by atoms with E-state index in [-0.39, 0.29) is 18.0 Å². The van der Waals surface area contributed by atoms with Gasteiger partial charge in [0, 0.05) is 24.2 Å². The Morgan fingerprint density at radius 3 is 2.60 bits per heavy atom. The zero-order valence-corrected chi connectivity index (χ0v) is 13.2. The molecule has 1 aliphatic carbocycles. The van der Waals surface area contributed by atoms with Crippen LogP contribution in [-0.2, 0) is 0 Å². The van der Waals surface area contributed by atoms with Crippen molar-refractivity contribution in [2.45, 2.75) is 44.7 Å². The van der Waals surface area contributed by atoms with Crippen LogP contribution in [0, 0.1) is 5.82 Å². The number of rotatable bonds is 3. The molecular formula is C15H20BrFN2O. The van der Waals surface area contributed by atoms with Crippen LogP contribution in [-0.4, -0.2) is 29.4 Å². The third-order valence-electron chi connectivity index (χ3n) is 3.95. The molecule has 1 aliphatic rings. The molecule has 3 nitrogen and oxygen atoms in total. The van der Waals surface area contributed by atoms with E-state index in [1.54, 1.807) is 12.1 Å². The summed E-state index contributed by atoms with van der Waals surface area (Å²) in [5, 5.41) is 0. The first-order valence-corrected chi connectivity index (χ1v) is 7.83. The van der Waals surface area contributed by atoms with Crippen LogP contribution >= 0.6 is 15.9 Å². The molecule has 2 rings (SSSR count). The van der Waals surface area contributed by atoms with Gasteiger partial charge in [-0.1, -0.05) is 0 Å². The maximum absolute atomic E-state index is 13.6. The first kappa shape index (κ1) is 15.4. The molecule has 20 heavy (non-hydrogen) atoms. The Morgan fingerprint density at radius 2 is 2.05 bits per heavy atom. The highest BCUT2D eigenvalue weighted by molar-refractivity contribution is 9.10. The Morgan fingerprint density at radius 1 is 1.40 bits per heavy atom. The highest BCUT2D eigenvalue weighted by Crippen LogP contribution is 2.24. The van der Waals surface area contributed by atoms with Crippen LogP contribution in [0.3, 0.4) is 0 Å². The zero-order valence-electron chi connectivity index (χ0n) is 11.6. The molecule has 1 saturated carbocycles. The Hall–Kier alpha value is -0.940. The molecule has 0 spiro atoms. The summed E-state index contributed by atoms with van der Waals surface area (Å²) in [6, 6.07) is 5.01. The van der Waals surface area contributed by atoms with Gasteiger partial charge in [-0.05, 0) is 66.7 Å². The minimum Gasteiger partial charge on any atom is -0.336 e. The Kier molecular flexibility index (Phi) is 5.16. The summed E-state index contributed by atoms with van der Waals surface area (Å²) in [7, 11) is 0. The number of halogens is 2. The fraction of sp³-hybridized carbons (Fsp3) is 0.533. The lowest BCUT2D eigenvalue weighted by molar-refractivity contribution is 0.0640. The van der Waals surface area contributed by atoms with Gasteiger partial charge in [-0.2, -0.15) is 0 Å². The molecule has 0 bridgehead atoms. The van der Waals surface area contributed by atoms with Crippen molar-refractivity contribution in [2.75, 3.05) is 6.54 Å². The van der Waals surface area contributed by atoms with Crippen molar-refractivity contribution in [3.05, 3.63) is 34.1 Å². The third-order valence-corrected chi connectivity index (χ3v) is 4.59. The van der Waals surface area contributed by atoms with Crippen LogP contribution in [0.1, 0.15) is 43.0 Å². The fourth-order valence-corrected chi connectivity index (χ4v) is 3.02. The molecule has 1 fully saturated rings. The van der Waals surface area contributed by atoms with Gasteiger partial charge in [0.05, 0.1) is 4.47 Å². The Balaban J connectivity index is 2.14. The average Bonchev–Trinajstić information content (AvgIpc) is 2.44. The minimum atomic E-state index is -0.405. The zero-order chi connectivity index (χ0) is 14.7. The van der Waals surface area contributed by atoms with E-state index in [2.05, 4.69) is 15.9 Å². The molecule has 5 heteroatoms. The first-order chi connectivity index (χ1) is 9.52. The molecular weight excluding hydrogens is 323 g/mol. The van der Waals surface area contributed by atoms with Gasteiger partial charge in [-0.3, -0.25) is 4.79 Å². The number of hydrogen-bond acceptors (Lipinski definition) is 2. The van der Waals surface area contributed by atoms with Gasteiger partial charge in [-0.15, -0.1) is 0 Å². The van der Waals surface area contributed by atoms with Crippen molar-refractivity contribution in [2.24, 2.45) is 5.73 Å². The lowest BCUT2D eigenvalue weighted by Crippen LogP contribution is -2.44. The monoisotopic (exact) mass is 342 g/mol. The number of hydrogen-bond donors (Lipinski definition) is 1. The molecule has 0 unspecified atom stereocenters. The van der Waals surface area contributed by atoms with Gasteiger partial charge in [0.15, 0.2) is 0 Å². The average molecular weight is 343 g/mol. The van der Waals surface area contributed by atoms with E-state index in [1.165, 1.54) is 6.07 Å². The molecule has 0 radical (unpaired) electrons. The summed E-state index contributed by atoms with van der Waals surface area (Å²) >= 11 is 3.10. The van der Waals surface area contributed by atoms with Crippen LogP contribution in [0.15, 0.2) is 22.7 Å². The second-order valence-electron chi connectivity index (χ2n) is 5.29. The molecule has 1 amide bonds. The molecule has 0 aliphatic heterocycles. The standard InChI is InChI=1S/C15H20BrFN2O/c1-2-19(12-6-4-11(18)5-7-12)15(20)10-3-8-13(16)14(17)9-10/h3,8-9,11-12H,2,4-7,18H2,1H3. The molecule has 0 heterocycles. The summed E-state index contributed by atoms with van der Waals surface area (Å²) < 4.78 is 13.9. The Bertz CT molecular complexity index is 487. The van der Waals surface area contributed by atoms with Gasteiger partial charge in [-0.25, -0.2) is 4.39 Å². The van der Waals surface area contributed by atoms with E-state index in [9.17, 15) is 9.18 Å². The van der Waals surface area contributed by atoms with Crippen molar-refractivity contribution in [1.29, 1.82) is 0 Å². The summed E-state index contributed by atoms with van der Waals surface area (Å²) in [5.74, 6) is -0.503. The minimum absolute atomic E-state index is 0.0978. The second-order valence-corrected chi connectivity index (χ2v) is 6.14. The normalized spacial score (nSPS) is 22.6. The number of benzene rings is 1. The van der Waals surface area contributed by atoms with E-state index in [0.29, 0.717) is 16.6 Å². The van der Waals surface area contributed by atoms with Gasteiger partial charge in [0.1, 0.15) is 5.82 Å². The number of nitrogens with zero attached hydrogens (tertiary/aromatic N) is 1. The number of amides is 1. The Labute approximate surface area is 127 Å². The lowest BCUT2D eigenvalue weighted by Gasteiger charge is -2.35. The van der Waals surface area contributed by atoms with Gasteiger partial charge in [0.25, 0.3) is 5.91 Å². The lowest BCUT2D eigenvalue weighted by atomic mass is 9.90. The number of carbonyl (C=O) groups is 1. The van der Waals surface area contributed by atoms with E-state index in [4.69, 9.17) is 5.73 Å². The smallest absolute Gasteiger partial charge is 0.254 e. The molecule has 1 aromatic rings. The predicted octanol–water partition coefficient (Wildman–Crippen LogP) is 3.32. The van der Waals surface area contributed by atoms with Gasteiger partial charge >= 0.3 is 0 Å². The third kappa shape index (κ3) is 3.38. The molecule has 0 aromatic heterocycles. The first-order valence-electron chi connectivity index (χ1n) is 7.04. The largest absolute Gasteiger partial charge is 0.336 e. The summed E-state index contributed by atoms with van der Waals surface area (Å²) in [6.45, 7) is 2.60. The van der Waals surface area contributed by atoms with Crippen LogP contribution < -0.4 is 5.73 Å². The van der Waals surface area contributed by atoms with Crippen molar-refractivity contribution in [1.82, 2.24) is 4.90 Å². The molecule has 1 aromatic carbocycles. The number of nitrogens with two attached hydrogens (primary N) is 1. The molecule has 0 saturated heterocycles. The van der Waals surface area contributed by atoms with Crippen molar-refractivity contribution in [3.8, 4) is 0 Å². The van der Waals surface area contributed by atoms with Gasteiger partial charge < -0.3 is 10.6 Å². The summed E-state index contributed by atoms with van der Waals surface area (Å²) in [4.78, 5) is 14.4. The van der Waals surface area contributed by atoms with E-state index < -0.39 is 5.82 Å². The highest BCUT2D eigenvalue weighted by Gasteiger charge is 2.27. The van der Waals surface area contributed by atoms with Crippen molar-refractivity contribution < 1.29 is 9.18 Å². The highest BCUT2D eigenvalue weighted by atomic mass is 79.9. The molecule has 2 N–H and O–H groups in total. The topological polar surface area (TPSA) is 46.3 Å². The van der Waals surface area contributed by atoms with Crippen LogP contribution in [0.5, 0.6) is 0 Å². The van der Waals surface area contributed by atoms with Crippen LogP contribution in [0.25, 0.3) is 0 Å².